The number of thiazole rings is 1. The summed E-state index contributed by atoms with van der Waals surface area (Å²) in [7, 11) is 0. The lowest BCUT2D eigenvalue weighted by Crippen LogP contribution is -2.23. The first-order chi connectivity index (χ1) is 9.99. The lowest BCUT2D eigenvalue weighted by atomic mass is 10.2. The summed E-state index contributed by atoms with van der Waals surface area (Å²) in [6.45, 7) is 3.86. The molecular formula is C14H17FN2O2S2. The number of nitrogens with zero attached hydrogens (tertiary/aromatic N) is 1. The van der Waals surface area contributed by atoms with E-state index in [9.17, 15) is 9.18 Å². The van der Waals surface area contributed by atoms with E-state index >= 15 is 0 Å². The SMILES string of the molecule is CC(CO)CSC(C)C(=O)Nc1nc2ccc(F)cc2s1. The van der Waals surface area contributed by atoms with Gasteiger partial charge in [-0.2, -0.15) is 0 Å². The van der Waals surface area contributed by atoms with Crippen molar-refractivity contribution < 1.29 is 14.3 Å². The Morgan fingerprint density at radius 2 is 2.29 bits per heavy atom. The van der Waals surface area contributed by atoms with E-state index in [0.29, 0.717) is 15.3 Å². The van der Waals surface area contributed by atoms with Crippen molar-refractivity contribution in [3.63, 3.8) is 0 Å². The van der Waals surface area contributed by atoms with E-state index in [-0.39, 0.29) is 29.5 Å². The number of carbonyl (C=O) groups excluding carboxylic acids is 1. The van der Waals surface area contributed by atoms with Crippen LogP contribution in [0.1, 0.15) is 13.8 Å². The van der Waals surface area contributed by atoms with Gasteiger partial charge in [0.05, 0.1) is 15.5 Å². The molecule has 2 rings (SSSR count). The molecule has 0 bridgehead atoms. The molecular weight excluding hydrogens is 311 g/mol. The Morgan fingerprint density at radius 3 is 3.00 bits per heavy atom. The molecule has 2 aromatic rings. The van der Waals surface area contributed by atoms with Crippen LogP contribution in [0.5, 0.6) is 0 Å². The van der Waals surface area contributed by atoms with E-state index in [4.69, 9.17) is 5.11 Å². The Morgan fingerprint density at radius 1 is 1.52 bits per heavy atom. The minimum atomic E-state index is -0.314. The molecule has 4 nitrogen and oxygen atoms in total. The maximum absolute atomic E-state index is 13.1. The lowest BCUT2D eigenvalue weighted by molar-refractivity contribution is -0.115. The Labute approximate surface area is 130 Å². The minimum Gasteiger partial charge on any atom is -0.396 e. The normalized spacial score (nSPS) is 14.1. The highest BCUT2D eigenvalue weighted by Crippen LogP contribution is 2.27. The van der Waals surface area contributed by atoms with Crippen LogP contribution >= 0.6 is 23.1 Å². The van der Waals surface area contributed by atoms with E-state index in [0.717, 1.165) is 5.75 Å². The molecule has 0 aliphatic rings. The van der Waals surface area contributed by atoms with Gasteiger partial charge in [-0.15, -0.1) is 11.8 Å². The predicted octanol–water partition coefficient (Wildman–Crippen LogP) is 3.12. The first-order valence-electron chi connectivity index (χ1n) is 6.59. The highest BCUT2D eigenvalue weighted by molar-refractivity contribution is 8.00. The average Bonchev–Trinajstić information content (AvgIpc) is 2.85. The molecule has 0 aliphatic heterocycles. The van der Waals surface area contributed by atoms with Crippen LogP contribution in [0.15, 0.2) is 18.2 Å². The molecule has 7 heteroatoms. The lowest BCUT2D eigenvalue weighted by Gasteiger charge is -2.12. The molecule has 0 radical (unpaired) electrons. The van der Waals surface area contributed by atoms with Gasteiger partial charge in [-0.3, -0.25) is 4.79 Å². The number of hydrogen-bond donors (Lipinski definition) is 2. The van der Waals surface area contributed by atoms with Gasteiger partial charge in [0.1, 0.15) is 5.82 Å². The number of aromatic nitrogens is 1. The summed E-state index contributed by atoms with van der Waals surface area (Å²) >= 11 is 2.74. The van der Waals surface area contributed by atoms with Crippen molar-refractivity contribution >= 4 is 44.4 Å². The molecule has 1 aromatic carbocycles. The number of anilines is 1. The largest absolute Gasteiger partial charge is 0.396 e. The van der Waals surface area contributed by atoms with Crippen LogP contribution in [0.4, 0.5) is 9.52 Å². The van der Waals surface area contributed by atoms with Crippen LogP contribution in [0.2, 0.25) is 0 Å². The van der Waals surface area contributed by atoms with Crippen molar-refractivity contribution in [1.29, 1.82) is 0 Å². The number of benzene rings is 1. The van der Waals surface area contributed by atoms with Crippen molar-refractivity contribution in [2.75, 3.05) is 17.7 Å². The number of carbonyl (C=O) groups is 1. The molecule has 2 N–H and O–H groups in total. The zero-order valence-corrected chi connectivity index (χ0v) is 13.4. The summed E-state index contributed by atoms with van der Waals surface area (Å²) in [6.07, 6.45) is 0. The van der Waals surface area contributed by atoms with E-state index in [1.807, 2.05) is 13.8 Å². The Hall–Kier alpha value is -1.18. The number of aliphatic hydroxyl groups is 1. The molecule has 2 unspecified atom stereocenters. The molecule has 0 saturated carbocycles. The Bertz CT molecular complexity index is 632. The third-order valence-electron chi connectivity index (χ3n) is 2.89. The summed E-state index contributed by atoms with van der Waals surface area (Å²) in [6, 6.07) is 4.35. The molecule has 0 saturated heterocycles. The average molecular weight is 328 g/mol. The van der Waals surface area contributed by atoms with Crippen molar-refractivity contribution in [2.45, 2.75) is 19.1 Å². The molecule has 0 fully saturated rings. The summed E-state index contributed by atoms with van der Waals surface area (Å²) < 4.78 is 13.8. The summed E-state index contributed by atoms with van der Waals surface area (Å²) in [5.74, 6) is 0.433. The molecule has 21 heavy (non-hydrogen) atoms. The predicted molar refractivity (Wildman–Crippen MR) is 86.4 cm³/mol. The number of hydrogen-bond acceptors (Lipinski definition) is 5. The van der Waals surface area contributed by atoms with Crippen LogP contribution in [-0.2, 0) is 4.79 Å². The van der Waals surface area contributed by atoms with Crippen molar-refractivity contribution in [1.82, 2.24) is 4.98 Å². The molecule has 1 amide bonds. The second kappa shape index (κ2) is 7.20. The molecule has 0 spiro atoms. The van der Waals surface area contributed by atoms with Gasteiger partial charge in [0, 0.05) is 6.61 Å². The first kappa shape index (κ1) is 16.2. The number of rotatable bonds is 6. The minimum absolute atomic E-state index is 0.116. The van der Waals surface area contributed by atoms with Gasteiger partial charge in [-0.25, -0.2) is 9.37 Å². The van der Waals surface area contributed by atoms with Crippen molar-refractivity contribution in [2.24, 2.45) is 5.92 Å². The van der Waals surface area contributed by atoms with Crippen LogP contribution < -0.4 is 5.32 Å². The summed E-state index contributed by atoms with van der Waals surface area (Å²) in [4.78, 5) is 16.3. The molecule has 1 heterocycles. The Balaban J connectivity index is 1.97. The van der Waals surface area contributed by atoms with Gasteiger partial charge in [-0.05, 0) is 36.8 Å². The molecule has 1 aromatic heterocycles. The van der Waals surface area contributed by atoms with Crippen LogP contribution in [-0.4, -0.2) is 33.6 Å². The summed E-state index contributed by atoms with van der Waals surface area (Å²) in [5.41, 5.74) is 0.672. The number of halogens is 1. The van der Waals surface area contributed by atoms with Crippen LogP contribution in [0.3, 0.4) is 0 Å². The fourth-order valence-electron chi connectivity index (χ4n) is 1.60. The van der Waals surface area contributed by atoms with Crippen LogP contribution in [0.25, 0.3) is 10.2 Å². The van der Waals surface area contributed by atoms with E-state index in [2.05, 4.69) is 10.3 Å². The second-order valence-electron chi connectivity index (χ2n) is 4.88. The third kappa shape index (κ3) is 4.39. The topological polar surface area (TPSA) is 62.2 Å². The van der Waals surface area contributed by atoms with Gasteiger partial charge in [0.25, 0.3) is 0 Å². The maximum Gasteiger partial charge on any atom is 0.238 e. The zero-order chi connectivity index (χ0) is 15.4. The quantitative estimate of drug-likeness (QED) is 0.855. The maximum atomic E-state index is 13.1. The van der Waals surface area contributed by atoms with E-state index < -0.39 is 0 Å². The van der Waals surface area contributed by atoms with Crippen molar-refractivity contribution in [3.8, 4) is 0 Å². The van der Waals surface area contributed by atoms with E-state index in [1.165, 1.54) is 35.2 Å². The highest BCUT2D eigenvalue weighted by atomic mass is 32.2. The molecule has 2 atom stereocenters. The molecule has 114 valence electrons. The van der Waals surface area contributed by atoms with Gasteiger partial charge in [0.15, 0.2) is 5.13 Å². The number of nitrogens with one attached hydrogen (secondary N) is 1. The monoisotopic (exact) mass is 328 g/mol. The van der Waals surface area contributed by atoms with Crippen molar-refractivity contribution in [3.05, 3.63) is 24.0 Å². The third-order valence-corrected chi connectivity index (χ3v) is 5.30. The fourth-order valence-corrected chi connectivity index (χ4v) is 3.42. The van der Waals surface area contributed by atoms with Gasteiger partial charge in [-0.1, -0.05) is 18.3 Å². The number of fused-ring (bicyclic) bond motifs is 1. The second-order valence-corrected chi connectivity index (χ2v) is 7.29. The van der Waals surface area contributed by atoms with E-state index in [1.54, 1.807) is 6.07 Å². The number of amides is 1. The standard InChI is InChI=1S/C14H17FN2O2S2/c1-8(6-18)7-20-9(2)13(19)17-14-16-11-4-3-10(15)5-12(11)21-14/h3-5,8-9,18H,6-7H2,1-2H3,(H,16,17,19). The fraction of sp³-hybridized carbons (Fsp3) is 0.429. The first-order valence-corrected chi connectivity index (χ1v) is 8.45. The number of aliphatic hydroxyl groups excluding tert-OH is 1. The van der Waals surface area contributed by atoms with Gasteiger partial charge < -0.3 is 10.4 Å². The highest BCUT2D eigenvalue weighted by Gasteiger charge is 2.16. The zero-order valence-electron chi connectivity index (χ0n) is 11.8. The molecule has 0 aliphatic carbocycles. The smallest absolute Gasteiger partial charge is 0.238 e. The number of thioether (sulfide) groups is 1. The van der Waals surface area contributed by atoms with Gasteiger partial charge in [0.2, 0.25) is 5.91 Å². The van der Waals surface area contributed by atoms with Crippen LogP contribution in [0, 0.1) is 11.7 Å². The summed E-state index contributed by atoms with van der Waals surface area (Å²) in [5, 5.41) is 12.0. The Kier molecular flexibility index (Phi) is 5.55. The van der Waals surface area contributed by atoms with Gasteiger partial charge >= 0.3 is 0 Å².